The zero-order valence-electron chi connectivity index (χ0n) is 16.4. The molecule has 30 heavy (non-hydrogen) atoms. The monoisotopic (exact) mass is 424 g/mol. The van der Waals surface area contributed by atoms with Crippen LogP contribution in [-0.4, -0.2) is 43.4 Å². The number of halogens is 3. The van der Waals surface area contributed by atoms with Crippen LogP contribution in [-0.2, 0) is 16.0 Å². The lowest BCUT2D eigenvalue weighted by molar-refractivity contribution is -0.192. The number of alkyl halides is 3. The summed E-state index contributed by atoms with van der Waals surface area (Å²) >= 11 is 0. The van der Waals surface area contributed by atoms with Gasteiger partial charge < -0.3 is 20.1 Å². The van der Waals surface area contributed by atoms with Crippen molar-refractivity contribution in [3.8, 4) is 5.75 Å². The summed E-state index contributed by atoms with van der Waals surface area (Å²) in [5.41, 5.74) is 2.99. The molecule has 0 aromatic heterocycles. The highest BCUT2D eigenvalue weighted by Gasteiger charge is 2.38. The summed E-state index contributed by atoms with van der Waals surface area (Å²) in [5.74, 6) is -1.96. The predicted molar refractivity (Wildman–Crippen MR) is 107 cm³/mol. The van der Waals surface area contributed by atoms with E-state index in [1.807, 2.05) is 42.5 Å². The van der Waals surface area contributed by atoms with Crippen LogP contribution < -0.4 is 15.0 Å². The molecule has 1 amide bonds. The smallest absolute Gasteiger partial charge is 0.490 e. The van der Waals surface area contributed by atoms with Gasteiger partial charge in [-0.3, -0.25) is 4.79 Å². The molecular formula is C21H23F3N2O4. The normalized spacial score (nSPS) is 13.3. The van der Waals surface area contributed by atoms with Crippen LogP contribution in [0.4, 0.5) is 24.5 Å². The Balaban J connectivity index is 0.000000396. The van der Waals surface area contributed by atoms with Gasteiger partial charge >= 0.3 is 12.1 Å². The number of carbonyl (C=O) groups is 2. The van der Waals surface area contributed by atoms with E-state index in [4.69, 9.17) is 14.6 Å². The third kappa shape index (κ3) is 6.98. The summed E-state index contributed by atoms with van der Waals surface area (Å²) in [5, 5.41) is 10.2. The van der Waals surface area contributed by atoms with Gasteiger partial charge in [0.05, 0.1) is 24.9 Å². The average Bonchev–Trinajstić information content (AvgIpc) is 3.23. The van der Waals surface area contributed by atoms with Crippen molar-refractivity contribution in [1.82, 2.24) is 0 Å². The van der Waals surface area contributed by atoms with E-state index in [1.165, 1.54) is 12.8 Å². The molecule has 0 saturated carbocycles. The molecule has 2 aromatic carbocycles. The SMILES string of the molecule is COc1ccc(CC(=O)Nc2ccccc2N2CCCC2)cc1.O=C(O)C(F)(F)F. The Hall–Kier alpha value is -3.23. The zero-order chi connectivity index (χ0) is 22.1. The number of hydrogen-bond acceptors (Lipinski definition) is 4. The lowest BCUT2D eigenvalue weighted by Crippen LogP contribution is -2.21. The van der Waals surface area contributed by atoms with Gasteiger partial charge in [-0.25, -0.2) is 4.79 Å². The van der Waals surface area contributed by atoms with Crippen molar-refractivity contribution in [2.75, 3.05) is 30.4 Å². The van der Waals surface area contributed by atoms with E-state index in [0.717, 1.165) is 35.8 Å². The van der Waals surface area contributed by atoms with Crippen molar-refractivity contribution >= 4 is 23.3 Å². The third-order valence-electron chi connectivity index (χ3n) is 4.39. The molecule has 0 spiro atoms. The second-order valence-corrected chi connectivity index (χ2v) is 6.59. The van der Waals surface area contributed by atoms with Crippen LogP contribution >= 0.6 is 0 Å². The Morgan fingerprint density at radius 3 is 2.17 bits per heavy atom. The highest BCUT2D eigenvalue weighted by atomic mass is 19.4. The quantitative estimate of drug-likeness (QED) is 0.755. The maximum Gasteiger partial charge on any atom is 0.490 e. The van der Waals surface area contributed by atoms with Gasteiger partial charge in [-0.05, 0) is 42.7 Å². The molecule has 2 aromatic rings. The van der Waals surface area contributed by atoms with E-state index in [-0.39, 0.29) is 5.91 Å². The van der Waals surface area contributed by atoms with Crippen LogP contribution in [0.25, 0.3) is 0 Å². The van der Waals surface area contributed by atoms with Crippen LogP contribution in [0.15, 0.2) is 48.5 Å². The van der Waals surface area contributed by atoms with E-state index in [2.05, 4.69) is 16.3 Å². The van der Waals surface area contributed by atoms with Gasteiger partial charge in [0.2, 0.25) is 5.91 Å². The fourth-order valence-corrected chi connectivity index (χ4v) is 2.94. The molecule has 6 nitrogen and oxygen atoms in total. The topological polar surface area (TPSA) is 78.9 Å². The summed E-state index contributed by atoms with van der Waals surface area (Å²) in [6, 6.07) is 15.6. The lowest BCUT2D eigenvalue weighted by Gasteiger charge is -2.21. The van der Waals surface area contributed by atoms with Crippen molar-refractivity contribution in [3.05, 3.63) is 54.1 Å². The number of carboxylic acids is 1. The van der Waals surface area contributed by atoms with Crippen LogP contribution in [0.2, 0.25) is 0 Å². The van der Waals surface area contributed by atoms with Crippen molar-refractivity contribution in [1.29, 1.82) is 0 Å². The largest absolute Gasteiger partial charge is 0.497 e. The molecule has 9 heteroatoms. The van der Waals surface area contributed by atoms with E-state index in [1.54, 1.807) is 7.11 Å². The summed E-state index contributed by atoms with van der Waals surface area (Å²) in [6.07, 6.45) is -2.29. The second kappa shape index (κ2) is 10.5. The summed E-state index contributed by atoms with van der Waals surface area (Å²) in [7, 11) is 1.64. The Morgan fingerprint density at radius 1 is 1.07 bits per heavy atom. The number of para-hydroxylation sites is 2. The molecule has 162 valence electrons. The number of nitrogens with zero attached hydrogens (tertiary/aromatic N) is 1. The number of aliphatic carboxylic acids is 1. The molecule has 0 bridgehead atoms. The van der Waals surface area contributed by atoms with Crippen LogP contribution in [0.3, 0.4) is 0 Å². The van der Waals surface area contributed by atoms with E-state index in [9.17, 15) is 18.0 Å². The molecule has 1 heterocycles. The second-order valence-electron chi connectivity index (χ2n) is 6.59. The fourth-order valence-electron chi connectivity index (χ4n) is 2.94. The molecule has 1 fully saturated rings. The van der Waals surface area contributed by atoms with Gasteiger partial charge in [-0.2, -0.15) is 13.2 Å². The first-order valence-electron chi connectivity index (χ1n) is 9.27. The number of carbonyl (C=O) groups excluding carboxylic acids is 1. The first-order valence-corrected chi connectivity index (χ1v) is 9.27. The average molecular weight is 424 g/mol. The number of methoxy groups -OCH3 is 1. The van der Waals surface area contributed by atoms with Gasteiger partial charge in [0.1, 0.15) is 5.75 Å². The molecule has 0 unspecified atom stereocenters. The first-order chi connectivity index (χ1) is 14.2. The van der Waals surface area contributed by atoms with Gasteiger partial charge in [0.15, 0.2) is 0 Å². The number of hydrogen-bond donors (Lipinski definition) is 2. The van der Waals surface area contributed by atoms with Gasteiger partial charge in [-0.1, -0.05) is 24.3 Å². The maximum absolute atomic E-state index is 12.3. The molecule has 1 aliphatic heterocycles. The van der Waals surface area contributed by atoms with Gasteiger partial charge in [-0.15, -0.1) is 0 Å². The number of nitrogens with one attached hydrogen (secondary N) is 1. The van der Waals surface area contributed by atoms with Crippen LogP contribution in [0.1, 0.15) is 18.4 Å². The first kappa shape index (κ1) is 23.1. The highest BCUT2D eigenvalue weighted by molar-refractivity contribution is 5.95. The lowest BCUT2D eigenvalue weighted by atomic mass is 10.1. The molecular weight excluding hydrogens is 401 g/mol. The molecule has 2 N–H and O–H groups in total. The summed E-state index contributed by atoms with van der Waals surface area (Å²) in [4.78, 5) is 23.6. The number of anilines is 2. The summed E-state index contributed by atoms with van der Waals surface area (Å²) < 4.78 is 36.9. The van der Waals surface area contributed by atoms with Gasteiger partial charge in [0, 0.05) is 13.1 Å². The molecule has 3 rings (SSSR count). The molecule has 1 saturated heterocycles. The fraction of sp³-hybridized carbons (Fsp3) is 0.333. The number of amides is 1. The summed E-state index contributed by atoms with van der Waals surface area (Å²) in [6.45, 7) is 2.12. The maximum atomic E-state index is 12.3. The van der Waals surface area contributed by atoms with Crippen molar-refractivity contribution in [2.45, 2.75) is 25.4 Å². The van der Waals surface area contributed by atoms with Crippen molar-refractivity contribution in [2.24, 2.45) is 0 Å². The van der Waals surface area contributed by atoms with Gasteiger partial charge in [0.25, 0.3) is 0 Å². The minimum absolute atomic E-state index is 0.00168. The van der Waals surface area contributed by atoms with Crippen LogP contribution in [0, 0.1) is 0 Å². The molecule has 0 atom stereocenters. The Kier molecular flexibility index (Phi) is 8.08. The van der Waals surface area contributed by atoms with Crippen LogP contribution in [0.5, 0.6) is 5.75 Å². The Labute approximate surface area is 172 Å². The Bertz CT molecular complexity index is 848. The van der Waals surface area contributed by atoms with E-state index < -0.39 is 12.1 Å². The van der Waals surface area contributed by atoms with E-state index >= 15 is 0 Å². The highest BCUT2D eigenvalue weighted by Crippen LogP contribution is 2.28. The number of rotatable bonds is 5. The molecule has 1 aliphatic rings. The predicted octanol–water partition coefficient (Wildman–Crippen LogP) is 4.11. The molecule has 0 aliphatic carbocycles. The molecule has 0 radical (unpaired) electrons. The minimum atomic E-state index is -5.08. The van der Waals surface area contributed by atoms with Crippen molar-refractivity contribution in [3.63, 3.8) is 0 Å². The number of benzene rings is 2. The minimum Gasteiger partial charge on any atom is -0.497 e. The Morgan fingerprint density at radius 2 is 1.63 bits per heavy atom. The standard InChI is InChI=1S/C19H22N2O2.C2HF3O2/c1-23-16-10-8-15(9-11-16)14-19(22)20-17-6-2-3-7-18(17)21-12-4-5-13-21;3-2(4,5)1(6)7/h2-3,6-11H,4-5,12-14H2,1H3,(H,20,22);(H,6,7). The third-order valence-corrected chi connectivity index (χ3v) is 4.39. The van der Waals surface area contributed by atoms with Crippen molar-refractivity contribution < 1.29 is 32.6 Å². The number of carboxylic acid groups (broad SMARTS) is 1. The zero-order valence-corrected chi connectivity index (χ0v) is 16.4. The number of ether oxygens (including phenoxy) is 1. The van der Waals surface area contributed by atoms with E-state index in [0.29, 0.717) is 6.42 Å².